The number of imidazole rings is 1. The van der Waals surface area contributed by atoms with Gasteiger partial charge in [-0.25, -0.2) is 9.78 Å². The predicted octanol–water partition coefficient (Wildman–Crippen LogP) is 0.115. The van der Waals surface area contributed by atoms with Gasteiger partial charge in [-0.15, -0.1) is 0 Å². The predicted molar refractivity (Wildman–Crippen MR) is 100 cm³/mol. The normalized spacial score (nSPS) is 21.0. The summed E-state index contributed by atoms with van der Waals surface area (Å²) in [5.41, 5.74) is 5.34. The molecule has 4 N–H and O–H groups in total. The highest BCUT2D eigenvalue weighted by Crippen LogP contribution is 2.30. The second-order valence-corrected chi connectivity index (χ2v) is 6.61. The number of nitro groups is 1. The lowest BCUT2D eigenvalue weighted by molar-refractivity contribution is -0.384. The summed E-state index contributed by atoms with van der Waals surface area (Å²) in [5.74, 6) is -0.792. The number of anilines is 1. The Bertz CT molecular complexity index is 1170. The summed E-state index contributed by atoms with van der Waals surface area (Å²) in [6.07, 6.45) is -0.957. The number of rotatable bonds is 5. The number of fused-ring (bicyclic) bond motifs is 1. The molecule has 156 valence electrons. The monoisotopic (exact) mass is 416 g/mol. The van der Waals surface area contributed by atoms with Gasteiger partial charge in [0.2, 0.25) is 5.95 Å². The van der Waals surface area contributed by atoms with Crippen LogP contribution in [0.5, 0.6) is 0 Å². The van der Waals surface area contributed by atoms with Crippen LogP contribution in [-0.4, -0.2) is 54.3 Å². The molecular formula is C17H16N6O7. The largest absolute Gasteiger partial charge is 0.459 e. The van der Waals surface area contributed by atoms with Crippen molar-refractivity contribution in [2.45, 2.75) is 24.9 Å². The minimum atomic E-state index is -0.948. The Balaban J connectivity index is 1.43. The number of carbonyl (C=O) groups is 1. The Kier molecular flexibility index (Phi) is 4.89. The number of aromatic nitrogens is 4. The van der Waals surface area contributed by atoms with Gasteiger partial charge in [-0.1, -0.05) is 0 Å². The number of nitrogens with two attached hydrogens (primary N) is 1. The molecule has 13 nitrogen and oxygen atoms in total. The quantitative estimate of drug-likeness (QED) is 0.292. The van der Waals surface area contributed by atoms with Crippen molar-refractivity contribution in [1.82, 2.24) is 19.5 Å². The summed E-state index contributed by atoms with van der Waals surface area (Å²) in [6.45, 7) is -0.240. The number of ether oxygens (including phenoxy) is 2. The average Bonchev–Trinajstić information content (AvgIpc) is 3.29. The molecule has 0 unspecified atom stereocenters. The van der Waals surface area contributed by atoms with Crippen LogP contribution in [0.15, 0.2) is 35.4 Å². The van der Waals surface area contributed by atoms with Crippen LogP contribution in [-0.2, 0) is 9.47 Å². The molecule has 3 aromatic rings. The summed E-state index contributed by atoms with van der Waals surface area (Å²) in [5, 5.41) is 21.0. The van der Waals surface area contributed by atoms with Crippen LogP contribution in [0.25, 0.3) is 11.2 Å². The molecule has 0 spiro atoms. The third kappa shape index (κ3) is 3.58. The first-order chi connectivity index (χ1) is 14.3. The van der Waals surface area contributed by atoms with Gasteiger partial charge in [-0.05, 0) is 12.1 Å². The minimum Gasteiger partial charge on any atom is -0.459 e. The van der Waals surface area contributed by atoms with Crippen molar-refractivity contribution in [2.24, 2.45) is 0 Å². The fourth-order valence-corrected chi connectivity index (χ4v) is 3.15. The second-order valence-electron chi connectivity index (χ2n) is 6.61. The van der Waals surface area contributed by atoms with E-state index >= 15 is 0 Å². The first-order valence-electron chi connectivity index (χ1n) is 8.81. The molecule has 1 saturated heterocycles. The lowest BCUT2D eigenvalue weighted by atomic mass is 10.2. The van der Waals surface area contributed by atoms with Gasteiger partial charge in [-0.3, -0.25) is 24.5 Å². The zero-order chi connectivity index (χ0) is 21.4. The molecule has 2 aromatic heterocycles. The summed E-state index contributed by atoms with van der Waals surface area (Å²) in [4.78, 5) is 44.5. The van der Waals surface area contributed by atoms with Crippen LogP contribution in [0.2, 0.25) is 0 Å². The fraction of sp³-hybridized carbons (Fsp3) is 0.294. The molecule has 13 heteroatoms. The van der Waals surface area contributed by atoms with E-state index < -0.39 is 34.9 Å². The number of esters is 1. The number of nitrogen functional groups attached to an aromatic ring is 1. The lowest BCUT2D eigenvalue weighted by Gasteiger charge is -2.16. The topological polar surface area (TPSA) is 188 Å². The molecule has 1 aliphatic heterocycles. The summed E-state index contributed by atoms with van der Waals surface area (Å²) >= 11 is 0. The van der Waals surface area contributed by atoms with Crippen LogP contribution in [0.4, 0.5) is 11.6 Å². The van der Waals surface area contributed by atoms with Crippen LogP contribution >= 0.6 is 0 Å². The maximum atomic E-state index is 12.1. The van der Waals surface area contributed by atoms with Crippen molar-refractivity contribution in [3.05, 3.63) is 56.6 Å². The van der Waals surface area contributed by atoms with Gasteiger partial charge in [0, 0.05) is 18.6 Å². The van der Waals surface area contributed by atoms with Crippen molar-refractivity contribution in [3.8, 4) is 0 Å². The highest BCUT2D eigenvalue weighted by Gasteiger charge is 2.37. The molecule has 0 bridgehead atoms. The number of aliphatic hydroxyl groups is 1. The molecular weight excluding hydrogens is 400 g/mol. The number of nitrogens with one attached hydrogen (secondary N) is 1. The zero-order valence-electron chi connectivity index (χ0n) is 15.3. The number of aromatic amines is 1. The van der Waals surface area contributed by atoms with Crippen LogP contribution in [0.3, 0.4) is 0 Å². The first-order valence-corrected chi connectivity index (χ1v) is 8.81. The molecule has 4 rings (SSSR count). The number of H-pyrrole nitrogens is 1. The van der Waals surface area contributed by atoms with E-state index in [1.54, 1.807) is 0 Å². The van der Waals surface area contributed by atoms with E-state index in [1.807, 2.05) is 0 Å². The van der Waals surface area contributed by atoms with E-state index in [2.05, 4.69) is 15.0 Å². The van der Waals surface area contributed by atoms with E-state index in [0.29, 0.717) is 0 Å². The van der Waals surface area contributed by atoms with Crippen molar-refractivity contribution < 1.29 is 24.3 Å². The standard InChI is InChI=1S/C17H16N6O7/c18-17-20-14-13(15(25)21-17)19-7-22(14)12-5-10(24)11(30-12)6-29-16(26)8-1-3-9(4-2-8)23(27)28/h1-4,7,10-12,24H,5-6H2,(H3,18,20,21,25)/t10-,11+,12+/m0/s1. The Labute approximate surface area is 167 Å². The third-order valence-electron chi connectivity index (χ3n) is 4.66. The Morgan fingerprint density at radius 2 is 2.17 bits per heavy atom. The molecule has 0 saturated carbocycles. The highest BCUT2D eigenvalue weighted by molar-refractivity contribution is 5.89. The van der Waals surface area contributed by atoms with Crippen molar-refractivity contribution in [2.75, 3.05) is 12.3 Å². The van der Waals surface area contributed by atoms with E-state index in [0.717, 1.165) is 0 Å². The van der Waals surface area contributed by atoms with Crippen molar-refractivity contribution in [3.63, 3.8) is 0 Å². The van der Waals surface area contributed by atoms with Gasteiger partial charge < -0.3 is 20.3 Å². The number of nitrogens with zero attached hydrogens (tertiary/aromatic N) is 4. The molecule has 30 heavy (non-hydrogen) atoms. The third-order valence-corrected chi connectivity index (χ3v) is 4.66. The van der Waals surface area contributed by atoms with Crippen molar-refractivity contribution >= 4 is 28.8 Å². The maximum Gasteiger partial charge on any atom is 0.338 e. The SMILES string of the molecule is Nc1nc2c(ncn2[C@H]2C[C@H](O)[C@@H](COC(=O)c3ccc([N+](=O)[O-])cc3)O2)c(=O)[nH]1. The average molecular weight is 416 g/mol. The van der Waals surface area contributed by atoms with Gasteiger partial charge >= 0.3 is 5.97 Å². The molecule has 0 radical (unpaired) electrons. The molecule has 3 heterocycles. The number of nitro benzene ring substituents is 1. The summed E-state index contributed by atoms with van der Waals surface area (Å²) in [7, 11) is 0. The molecule has 0 amide bonds. The minimum absolute atomic E-state index is 0.0790. The maximum absolute atomic E-state index is 12.1. The number of hydrogen-bond donors (Lipinski definition) is 3. The molecule has 1 aliphatic rings. The Morgan fingerprint density at radius 1 is 1.43 bits per heavy atom. The summed E-state index contributed by atoms with van der Waals surface area (Å²) in [6, 6.07) is 4.94. The van der Waals surface area contributed by atoms with Gasteiger partial charge in [0.15, 0.2) is 11.2 Å². The number of hydrogen-bond acceptors (Lipinski definition) is 10. The number of benzene rings is 1. The van der Waals surface area contributed by atoms with E-state index in [-0.39, 0.29) is 41.4 Å². The van der Waals surface area contributed by atoms with Gasteiger partial charge in [0.05, 0.1) is 22.9 Å². The van der Waals surface area contributed by atoms with Gasteiger partial charge in [0.25, 0.3) is 11.2 Å². The molecule has 1 aromatic carbocycles. The second kappa shape index (κ2) is 7.53. The number of carbonyl (C=O) groups excluding carboxylic acids is 1. The zero-order valence-corrected chi connectivity index (χ0v) is 15.3. The number of non-ortho nitro benzene ring substituents is 1. The van der Waals surface area contributed by atoms with Crippen LogP contribution < -0.4 is 11.3 Å². The smallest absolute Gasteiger partial charge is 0.338 e. The van der Waals surface area contributed by atoms with E-state index in [9.17, 15) is 24.8 Å². The van der Waals surface area contributed by atoms with Crippen LogP contribution in [0, 0.1) is 10.1 Å². The summed E-state index contributed by atoms with van der Waals surface area (Å²) < 4.78 is 12.4. The van der Waals surface area contributed by atoms with Crippen molar-refractivity contribution in [1.29, 1.82) is 0 Å². The van der Waals surface area contributed by atoms with E-state index in [4.69, 9.17) is 15.2 Å². The molecule has 1 fully saturated rings. The Morgan fingerprint density at radius 3 is 2.87 bits per heavy atom. The van der Waals surface area contributed by atoms with Gasteiger partial charge in [-0.2, -0.15) is 4.98 Å². The van der Waals surface area contributed by atoms with Crippen LogP contribution in [0.1, 0.15) is 23.0 Å². The Hall–Kier alpha value is -3.84. The van der Waals surface area contributed by atoms with E-state index in [1.165, 1.54) is 35.2 Å². The van der Waals surface area contributed by atoms with Gasteiger partial charge in [0.1, 0.15) is 18.9 Å². The number of aliphatic hydroxyl groups excluding tert-OH is 1. The first kappa shape index (κ1) is 19.5. The highest BCUT2D eigenvalue weighted by atomic mass is 16.6. The molecule has 0 aliphatic carbocycles. The fourth-order valence-electron chi connectivity index (χ4n) is 3.15. The molecule has 3 atom stereocenters. The lowest BCUT2D eigenvalue weighted by Crippen LogP contribution is -2.28.